The monoisotopic (exact) mass is 262 g/mol. The fourth-order valence-electron chi connectivity index (χ4n) is 1.26. The molecule has 0 radical (unpaired) electrons. The van der Waals surface area contributed by atoms with Crippen LogP contribution in [-0.2, 0) is 4.74 Å². The van der Waals surface area contributed by atoms with E-state index in [0.717, 1.165) is 0 Å². The van der Waals surface area contributed by atoms with E-state index in [1.807, 2.05) is 0 Å². The first-order chi connectivity index (χ1) is 6.24. The number of hydrogen-bond acceptors (Lipinski definition) is 3. The van der Waals surface area contributed by atoms with Gasteiger partial charge >= 0.3 is 0 Å². The fraction of sp³-hybridized carbons (Fsp3) is 1.00. The maximum Gasteiger partial charge on any atom is 0.170 e. The molecule has 0 spiro atoms. The van der Waals surface area contributed by atoms with Crippen molar-refractivity contribution in [1.29, 1.82) is 0 Å². The van der Waals surface area contributed by atoms with E-state index in [2.05, 4.69) is 0 Å². The highest BCUT2D eigenvalue weighted by Gasteiger charge is 2.78. The Bertz CT molecular complexity index is 222. The minimum Gasteiger partial charge on any atom is -0.391 e. The molecule has 1 saturated carbocycles. The molecule has 14 heavy (non-hydrogen) atoms. The van der Waals surface area contributed by atoms with Crippen LogP contribution in [0.15, 0.2) is 0 Å². The standard InChI is InChI=1S/C8H13Cl3O3/c1-4(12)3-14-5(2)7(13)6(9)8(7,10)11/h4-6,12-13H,3H2,1-2H3. The molecule has 4 atom stereocenters. The maximum atomic E-state index is 9.90. The van der Waals surface area contributed by atoms with Crippen LogP contribution in [0.4, 0.5) is 0 Å². The van der Waals surface area contributed by atoms with Gasteiger partial charge in [-0.25, -0.2) is 0 Å². The van der Waals surface area contributed by atoms with E-state index in [-0.39, 0.29) is 6.61 Å². The van der Waals surface area contributed by atoms with E-state index >= 15 is 0 Å². The zero-order valence-corrected chi connectivity index (χ0v) is 10.1. The van der Waals surface area contributed by atoms with Gasteiger partial charge in [0, 0.05) is 0 Å². The highest BCUT2D eigenvalue weighted by atomic mass is 35.5. The molecule has 1 fully saturated rings. The Morgan fingerprint density at radius 3 is 2.14 bits per heavy atom. The van der Waals surface area contributed by atoms with Crippen molar-refractivity contribution in [2.24, 2.45) is 0 Å². The topological polar surface area (TPSA) is 49.7 Å². The summed E-state index contributed by atoms with van der Waals surface area (Å²) in [5, 5.41) is 18.1. The number of rotatable bonds is 4. The van der Waals surface area contributed by atoms with Crippen LogP contribution in [0.25, 0.3) is 0 Å². The summed E-state index contributed by atoms with van der Waals surface area (Å²) in [7, 11) is 0. The highest BCUT2D eigenvalue weighted by molar-refractivity contribution is 6.58. The van der Waals surface area contributed by atoms with E-state index in [4.69, 9.17) is 44.6 Å². The van der Waals surface area contributed by atoms with Gasteiger partial charge < -0.3 is 14.9 Å². The summed E-state index contributed by atoms with van der Waals surface area (Å²) >= 11 is 17.2. The number of alkyl halides is 3. The fourth-order valence-corrected chi connectivity index (χ4v) is 2.58. The van der Waals surface area contributed by atoms with Crippen molar-refractivity contribution in [3.63, 3.8) is 0 Å². The van der Waals surface area contributed by atoms with Crippen LogP contribution >= 0.6 is 34.8 Å². The molecular formula is C8H13Cl3O3. The largest absolute Gasteiger partial charge is 0.391 e. The predicted octanol–water partition coefficient (Wildman–Crippen LogP) is 1.30. The SMILES string of the molecule is CC(O)COC(C)C1(O)C(Cl)C1(Cl)Cl. The Morgan fingerprint density at radius 1 is 1.43 bits per heavy atom. The number of ether oxygens (including phenoxy) is 1. The lowest BCUT2D eigenvalue weighted by molar-refractivity contribution is -0.0663. The minimum atomic E-state index is -1.44. The summed E-state index contributed by atoms with van der Waals surface area (Å²) in [5.74, 6) is 0. The first-order valence-corrected chi connectivity index (χ1v) is 5.47. The quantitative estimate of drug-likeness (QED) is 0.752. The Morgan fingerprint density at radius 2 is 1.86 bits per heavy atom. The molecular weight excluding hydrogens is 250 g/mol. The van der Waals surface area contributed by atoms with Gasteiger partial charge in [-0.05, 0) is 13.8 Å². The summed E-state index contributed by atoms with van der Waals surface area (Å²) in [6, 6.07) is 0. The average molecular weight is 264 g/mol. The number of halogens is 3. The summed E-state index contributed by atoms with van der Waals surface area (Å²) in [5.41, 5.74) is -1.44. The zero-order valence-electron chi connectivity index (χ0n) is 7.88. The van der Waals surface area contributed by atoms with E-state index < -0.39 is 27.5 Å². The van der Waals surface area contributed by atoms with Gasteiger partial charge in [0.05, 0.1) is 18.8 Å². The van der Waals surface area contributed by atoms with Crippen LogP contribution in [0.5, 0.6) is 0 Å². The molecule has 1 aliphatic rings. The first kappa shape index (κ1) is 12.8. The molecule has 1 rings (SSSR count). The van der Waals surface area contributed by atoms with Gasteiger partial charge in [0.1, 0.15) is 11.0 Å². The summed E-state index contributed by atoms with van der Waals surface area (Å²) in [6.07, 6.45) is -1.22. The third-order valence-electron chi connectivity index (χ3n) is 2.36. The molecule has 6 heteroatoms. The summed E-state index contributed by atoms with van der Waals surface area (Å²) in [4.78, 5) is 0. The molecule has 4 unspecified atom stereocenters. The van der Waals surface area contributed by atoms with Gasteiger partial charge in [0.15, 0.2) is 4.33 Å². The first-order valence-electron chi connectivity index (χ1n) is 4.28. The van der Waals surface area contributed by atoms with Crippen molar-refractivity contribution in [2.75, 3.05) is 6.61 Å². The molecule has 0 aromatic carbocycles. The van der Waals surface area contributed by atoms with E-state index in [9.17, 15) is 5.11 Å². The molecule has 0 amide bonds. The zero-order chi connectivity index (χ0) is 11.1. The van der Waals surface area contributed by atoms with Crippen LogP contribution in [-0.4, -0.2) is 44.3 Å². The maximum absolute atomic E-state index is 9.90. The van der Waals surface area contributed by atoms with Crippen LogP contribution < -0.4 is 0 Å². The van der Waals surface area contributed by atoms with E-state index in [0.29, 0.717) is 0 Å². The minimum absolute atomic E-state index is 0.108. The smallest absolute Gasteiger partial charge is 0.170 e. The van der Waals surface area contributed by atoms with Crippen molar-refractivity contribution in [2.45, 2.75) is 41.4 Å². The molecule has 0 heterocycles. The molecule has 3 nitrogen and oxygen atoms in total. The highest BCUT2D eigenvalue weighted by Crippen LogP contribution is 2.62. The molecule has 0 bridgehead atoms. The lowest BCUT2D eigenvalue weighted by atomic mass is 10.2. The Labute approximate surface area is 97.9 Å². The Hall–Kier alpha value is 0.750. The second kappa shape index (κ2) is 3.96. The van der Waals surface area contributed by atoms with Crippen molar-refractivity contribution < 1.29 is 14.9 Å². The molecule has 0 saturated heterocycles. The number of aliphatic hydroxyl groups excluding tert-OH is 1. The Kier molecular flexibility index (Phi) is 3.63. The van der Waals surface area contributed by atoms with Crippen molar-refractivity contribution in [3.05, 3.63) is 0 Å². The van der Waals surface area contributed by atoms with Crippen molar-refractivity contribution in [1.82, 2.24) is 0 Å². The van der Waals surface area contributed by atoms with Gasteiger partial charge in [-0.3, -0.25) is 0 Å². The molecule has 84 valence electrons. The second-order valence-corrected chi connectivity index (χ2v) is 5.46. The Balaban J connectivity index is 2.51. The third-order valence-corrected chi connectivity index (χ3v) is 4.29. The van der Waals surface area contributed by atoms with Crippen LogP contribution in [0, 0.1) is 0 Å². The second-order valence-electron chi connectivity index (χ2n) is 3.64. The van der Waals surface area contributed by atoms with Crippen LogP contribution in [0.1, 0.15) is 13.8 Å². The molecule has 0 aromatic rings. The lowest BCUT2D eigenvalue weighted by Gasteiger charge is -2.21. The van der Waals surface area contributed by atoms with Crippen molar-refractivity contribution in [3.8, 4) is 0 Å². The third kappa shape index (κ3) is 1.86. The van der Waals surface area contributed by atoms with Gasteiger partial charge in [0.2, 0.25) is 0 Å². The van der Waals surface area contributed by atoms with Gasteiger partial charge in [0.25, 0.3) is 0 Å². The molecule has 2 N–H and O–H groups in total. The summed E-state index contributed by atoms with van der Waals surface area (Å²) < 4.78 is 3.81. The van der Waals surface area contributed by atoms with E-state index in [1.54, 1.807) is 13.8 Å². The number of aliphatic hydroxyl groups is 2. The normalized spacial score (nSPS) is 39.2. The lowest BCUT2D eigenvalue weighted by Crippen LogP contribution is -2.35. The average Bonchev–Trinajstić information content (AvgIpc) is 2.47. The van der Waals surface area contributed by atoms with Crippen LogP contribution in [0.2, 0.25) is 0 Å². The molecule has 1 aliphatic carbocycles. The molecule has 0 aromatic heterocycles. The van der Waals surface area contributed by atoms with Gasteiger partial charge in [-0.15, -0.1) is 11.6 Å². The summed E-state index contributed by atoms with van der Waals surface area (Å²) in [6.45, 7) is 3.30. The van der Waals surface area contributed by atoms with E-state index in [1.165, 1.54) is 0 Å². The van der Waals surface area contributed by atoms with Gasteiger partial charge in [-0.1, -0.05) is 23.2 Å². The van der Waals surface area contributed by atoms with Crippen molar-refractivity contribution >= 4 is 34.8 Å². The van der Waals surface area contributed by atoms with Crippen LogP contribution in [0.3, 0.4) is 0 Å². The van der Waals surface area contributed by atoms with Gasteiger partial charge in [-0.2, -0.15) is 0 Å². The molecule has 0 aliphatic heterocycles. The predicted molar refractivity (Wildman–Crippen MR) is 56.1 cm³/mol. The number of hydrogen-bond donors (Lipinski definition) is 2.